The van der Waals surface area contributed by atoms with Crippen LogP contribution in [0.3, 0.4) is 0 Å². The van der Waals surface area contributed by atoms with Crippen LogP contribution >= 0.6 is 0 Å². The Morgan fingerprint density at radius 1 is 0.789 bits per heavy atom. The minimum absolute atomic E-state index is 0.0666. The van der Waals surface area contributed by atoms with E-state index in [0.29, 0.717) is 28.3 Å². The van der Waals surface area contributed by atoms with Crippen molar-refractivity contribution in [1.29, 1.82) is 0 Å². The highest BCUT2D eigenvalue weighted by Gasteiger charge is 2.14. The van der Waals surface area contributed by atoms with Gasteiger partial charge in [-0.1, -0.05) is 42.5 Å². The lowest BCUT2D eigenvalue weighted by Crippen LogP contribution is -2.13. The molecular formula is C29H28N2O6S. The molecule has 8 nitrogen and oxygen atoms in total. The molecule has 38 heavy (non-hydrogen) atoms. The van der Waals surface area contributed by atoms with Gasteiger partial charge in [-0.25, -0.2) is 8.42 Å². The number of hydrogen-bond donors (Lipinski definition) is 2. The largest absolute Gasteiger partial charge is 0.497 e. The van der Waals surface area contributed by atoms with Gasteiger partial charge in [0.25, 0.3) is 5.91 Å². The summed E-state index contributed by atoms with van der Waals surface area (Å²) in [6.07, 6.45) is 1.05. The van der Waals surface area contributed by atoms with Crippen LogP contribution in [0.15, 0.2) is 91.0 Å². The van der Waals surface area contributed by atoms with Gasteiger partial charge in [0, 0.05) is 22.9 Å². The summed E-state index contributed by atoms with van der Waals surface area (Å²) in [5.74, 6) is 1.14. The van der Waals surface area contributed by atoms with E-state index < -0.39 is 10.0 Å². The molecule has 0 aliphatic rings. The quantitative estimate of drug-likeness (QED) is 0.277. The number of sulfonamides is 1. The molecule has 0 aromatic heterocycles. The van der Waals surface area contributed by atoms with Gasteiger partial charge < -0.3 is 19.5 Å². The predicted octanol–water partition coefficient (Wildman–Crippen LogP) is 5.57. The predicted molar refractivity (Wildman–Crippen MR) is 149 cm³/mol. The Labute approximate surface area is 222 Å². The van der Waals surface area contributed by atoms with Crippen molar-refractivity contribution < 1.29 is 27.4 Å². The van der Waals surface area contributed by atoms with Gasteiger partial charge in [-0.2, -0.15) is 0 Å². The third-order valence-electron chi connectivity index (χ3n) is 5.66. The highest BCUT2D eigenvalue weighted by atomic mass is 32.2. The van der Waals surface area contributed by atoms with Crippen molar-refractivity contribution in [2.45, 2.75) is 6.61 Å². The monoisotopic (exact) mass is 532 g/mol. The van der Waals surface area contributed by atoms with E-state index in [0.717, 1.165) is 17.4 Å². The topological polar surface area (TPSA) is 103 Å². The van der Waals surface area contributed by atoms with Gasteiger partial charge in [0.1, 0.15) is 23.9 Å². The Balaban J connectivity index is 1.55. The zero-order valence-electron chi connectivity index (χ0n) is 21.2. The Kier molecular flexibility index (Phi) is 8.18. The first-order valence-electron chi connectivity index (χ1n) is 11.7. The van der Waals surface area contributed by atoms with E-state index >= 15 is 0 Å². The van der Waals surface area contributed by atoms with E-state index in [9.17, 15) is 13.2 Å². The van der Waals surface area contributed by atoms with Crippen LogP contribution in [0.2, 0.25) is 0 Å². The summed E-state index contributed by atoms with van der Waals surface area (Å²) < 4.78 is 43.0. The number of hydrogen-bond acceptors (Lipinski definition) is 6. The lowest BCUT2D eigenvalue weighted by atomic mass is 10.0. The molecule has 0 heterocycles. The van der Waals surface area contributed by atoms with E-state index in [2.05, 4.69) is 10.0 Å². The number of nitrogens with one attached hydrogen (secondary N) is 2. The number of carbonyl (C=O) groups is 1. The molecule has 4 aromatic carbocycles. The van der Waals surface area contributed by atoms with Crippen molar-refractivity contribution in [3.8, 4) is 28.4 Å². The molecule has 0 saturated heterocycles. The summed E-state index contributed by atoms with van der Waals surface area (Å²) in [6.45, 7) is 0.0666. The second-order valence-corrected chi connectivity index (χ2v) is 10.2. The second-order valence-electron chi connectivity index (χ2n) is 8.45. The van der Waals surface area contributed by atoms with Gasteiger partial charge in [-0.15, -0.1) is 0 Å². The maximum atomic E-state index is 12.9. The van der Waals surface area contributed by atoms with Crippen molar-refractivity contribution in [2.24, 2.45) is 0 Å². The molecule has 2 N–H and O–H groups in total. The summed E-state index contributed by atoms with van der Waals surface area (Å²) in [7, 11) is -0.470. The molecule has 0 unspecified atom stereocenters. The molecule has 196 valence electrons. The van der Waals surface area contributed by atoms with Crippen molar-refractivity contribution in [3.05, 3.63) is 102 Å². The zero-order chi connectivity index (χ0) is 27.1. The van der Waals surface area contributed by atoms with Crippen LogP contribution in [-0.4, -0.2) is 34.8 Å². The van der Waals surface area contributed by atoms with Crippen molar-refractivity contribution >= 4 is 27.3 Å². The maximum Gasteiger partial charge on any atom is 0.255 e. The first kappa shape index (κ1) is 26.6. The smallest absolute Gasteiger partial charge is 0.255 e. The molecule has 0 aliphatic carbocycles. The minimum atomic E-state index is -3.57. The molecule has 0 radical (unpaired) electrons. The van der Waals surface area contributed by atoms with Gasteiger partial charge >= 0.3 is 0 Å². The summed E-state index contributed by atoms with van der Waals surface area (Å²) in [4.78, 5) is 12.9. The lowest BCUT2D eigenvalue weighted by molar-refractivity contribution is 0.102. The third kappa shape index (κ3) is 6.83. The van der Waals surface area contributed by atoms with Gasteiger partial charge in [0.15, 0.2) is 0 Å². The van der Waals surface area contributed by atoms with Gasteiger partial charge in [0.2, 0.25) is 10.0 Å². The number of rotatable bonds is 10. The molecular weight excluding hydrogens is 504 g/mol. The third-order valence-corrected chi connectivity index (χ3v) is 6.25. The van der Waals surface area contributed by atoms with Crippen LogP contribution in [0.25, 0.3) is 11.1 Å². The summed E-state index contributed by atoms with van der Waals surface area (Å²) >= 11 is 0. The molecule has 0 fully saturated rings. The summed E-state index contributed by atoms with van der Waals surface area (Å²) in [6, 6.07) is 27.2. The fourth-order valence-corrected chi connectivity index (χ4v) is 4.37. The number of amides is 1. The van der Waals surface area contributed by atoms with E-state index in [4.69, 9.17) is 14.2 Å². The average molecular weight is 533 g/mol. The molecule has 0 aliphatic heterocycles. The molecule has 1 amide bonds. The highest BCUT2D eigenvalue weighted by Crippen LogP contribution is 2.32. The van der Waals surface area contributed by atoms with Crippen LogP contribution in [0.5, 0.6) is 17.2 Å². The zero-order valence-corrected chi connectivity index (χ0v) is 22.0. The van der Waals surface area contributed by atoms with Crippen molar-refractivity contribution in [2.75, 3.05) is 30.5 Å². The average Bonchev–Trinajstić information content (AvgIpc) is 2.92. The van der Waals surface area contributed by atoms with Crippen LogP contribution in [-0.2, 0) is 16.6 Å². The minimum Gasteiger partial charge on any atom is -0.497 e. The number of methoxy groups -OCH3 is 2. The molecule has 0 bridgehead atoms. The lowest BCUT2D eigenvalue weighted by Gasteiger charge is -2.16. The highest BCUT2D eigenvalue weighted by molar-refractivity contribution is 7.92. The van der Waals surface area contributed by atoms with E-state index in [1.807, 2.05) is 42.5 Å². The first-order valence-corrected chi connectivity index (χ1v) is 13.6. The van der Waals surface area contributed by atoms with E-state index in [1.54, 1.807) is 56.7 Å². The molecule has 0 spiro atoms. The molecule has 0 atom stereocenters. The number of carbonyl (C=O) groups excluding carboxylic acids is 1. The van der Waals surface area contributed by atoms with Crippen LogP contribution < -0.4 is 24.2 Å². The van der Waals surface area contributed by atoms with E-state index in [-0.39, 0.29) is 24.0 Å². The van der Waals surface area contributed by atoms with Crippen LogP contribution in [0.1, 0.15) is 15.9 Å². The summed E-state index contributed by atoms with van der Waals surface area (Å²) in [5, 5.41) is 2.85. The molecule has 4 aromatic rings. The Morgan fingerprint density at radius 3 is 2.16 bits per heavy atom. The Morgan fingerprint density at radius 2 is 1.50 bits per heavy atom. The Bertz CT molecular complexity index is 1520. The van der Waals surface area contributed by atoms with Crippen molar-refractivity contribution in [1.82, 2.24) is 0 Å². The standard InChI is InChI=1S/C29H28N2O6S/c1-35-25-14-16-27(36-2)23(17-25)19-37-28-18-24(13-15-26(28)31-38(3,33)34)30-29(32)22-11-9-21(10-12-22)20-7-5-4-6-8-20/h4-18,31H,19H2,1-3H3,(H,30,32). The van der Waals surface area contributed by atoms with Gasteiger partial charge in [0.05, 0.1) is 26.2 Å². The molecule has 4 rings (SSSR count). The van der Waals surface area contributed by atoms with Crippen molar-refractivity contribution in [3.63, 3.8) is 0 Å². The van der Waals surface area contributed by atoms with Crippen LogP contribution in [0, 0.1) is 0 Å². The SMILES string of the molecule is COc1ccc(OC)c(COc2cc(NC(=O)c3ccc(-c4ccccc4)cc3)ccc2NS(C)(=O)=O)c1. The van der Waals surface area contributed by atoms with E-state index in [1.165, 1.54) is 6.07 Å². The molecule has 0 saturated carbocycles. The molecule has 9 heteroatoms. The maximum absolute atomic E-state index is 12.9. The Hall–Kier alpha value is -4.50. The second kappa shape index (κ2) is 11.7. The van der Waals surface area contributed by atoms with Gasteiger partial charge in [-0.05, 0) is 53.6 Å². The number of ether oxygens (including phenoxy) is 3. The number of benzene rings is 4. The fraction of sp³-hybridized carbons (Fsp3) is 0.138. The first-order chi connectivity index (χ1) is 18.3. The normalized spacial score (nSPS) is 10.9. The van der Waals surface area contributed by atoms with Gasteiger partial charge in [-0.3, -0.25) is 9.52 Å². The fourth-order valence-electron chi connectivity index (χ4n) is 3.80. The number of anilines is 2. The summed E-state index contributed by atoms with van der Waals surface area (Å²) in [5.41, 5.74) is 3.91. The van der Waals surface area contributed by atoms with Crippen LogP contribution in [0.4, 0.5) is 11.4 Å².